The second-order valence-electron chi connectivity index (χ2n) is 7.17. The molecule has 2 aromatic rings. The summed E-state index contributed by atoms with van der Waals surface area (Å²) in [7, 11) is 0. The lowest BCUT2D eigenvalue weighted by atomic mass is 9.98. The van der Waals surface area contributed by atoms with Gasteiger partial charge in [0.25, 0.3) is 5.91 Å². The van der Waals surface area contributed by atoms with E-state index >= 15 is 0 Å². The second kappa shape index (κ2) is 9.16. The number of hydrogen-bond donors (Lipinski definition) is 2. The van der Waals surface area contributed by atoms with Gasteiger partial charge in [0.05, 0.1) is 0 Å². The molecule has 6 nitrogen and oxygen atoms in total. The third-order valence-electron chi connectivity index (χ3n) is 3.69. The van der Waals surface area contributed by atoms with E-state index < -0.39 is 11.7 Å². The maximum absolute atomic E-state index is 12.5. The summed E-state index contributed by atoms with van der Waals surface area (Å²) in [5.41, 5.74) is 2.27. The fourth-order valence-electron chi connectivity index (χ4n) is 2.54. The highest BCUT2D eigenvalue weighted by Gasteiger charge is 2.18. The molecule has 2 rings (SSSR count). The third-order valence-corrected chi connectivity index (χ3v) is 3.69. The van der Waals surface area contributed by atoms with Crippen molar-refractivity contribution in [1.29, 1.82) is 0 Å². The number of benzene rings is 1. The van der Waals surface area contributed by atoms with E-state index in [0.29, 0.717) is 12.2 Å². The molecule has 2 N–H and O–H groups in total. The van der Waals surface area contributed by atoms with Gasteiger partial charge in [0.2, 0.25) is 0 Å². The molecule has 6 heteroatoms. The van der Waals surface area contributed by atoms with E-state index in [4.69, 9.17) is 4.74 Å². The minimum atomic E-state index is -0.558. The van der Waals surface area contributed by atoms with Crippen LogP contribution in [0, 0.1) is 0 Å². The van der Waals surface area contributed by atoms with Crippen LogP contribution in [0.15, 0.2) is 42.6 Å². The van der Waals surface area contributed by atoms with Crippen LogP contribution in [0.3, 0.4) is 0 Å². The molecule has 0 unspecified atom stereocenters. The van der Waals surface area contributed by atoms with Crippen molar-refractivity contribution in [2.75, 3.05) is 6.54 Å². The maximum atomic E-state index is 12.5. The number of alkyl carbamates (subject to hydrolysis) is 1. The minimum absolute atomic E-state index is 0.206. The third kappa shape index (κ3) is 6.09. The highest BCUT2D eigenvalue weighted by atomic mass is 16.6. The summed E-state index contributed by atoms with van der Waals surface area (Å²) in [5.74, 6) is -0.206. The largest absolute Gasteiger partial charge is 0.444 e. The van der Waals surface area contributed by atoms with Gasteiger partial charge in [0, 0.05) is 24.8 Å². The molecule has 0 aliphatic rings. The van der Waals surface area contributed by atoms with Crippen LogP contribution in [0.25, 0.3) is 11.1 Å². The van der Waals surface area contributed by atoms with Crippen LogP contribution in [0.5, 0.6) is 0 Å². The number of nitrogens with one attached hydrogen (secondary N) is 2. The number of nitrogens with zero attached hydrogens (tertiary/aromatic N) is 1. The van der Waals surface area contributed by atoms with E-state index in [9.17, 15) is 9.59 Å². The summed E-state index contributed by atoms with van der Waals surface area (Å²) >= 11 is 0. The van der Waals surface area contributed by atoms with Gasteiger partial charge in [-0.3, -0.25) is 9.78 Å². The number of ether oxygens (including phenoxy) is 1. The van der Waals surface area contributed by atoms with Crippen molar-refractivity contribution in [3.05, 3.63) is 53.9 Å². The molecule has 144 valence electrons. The molecule has 0 saturated carbocycles. The molecule has 0 aliphatic carbocycles. The molecule has 0 radical (unpaired) electrons. The average molecular weight is 369 g/mol. The van der Waals surface area contributed by atoms with E-state index in [0.717, 1.165) is 23.1 Å². The monoisotopic (exact) mass is 369 g/mol. The normalized spacial score (nSPS) is 11.0. The van der Waals surface area contributed by atoms with Crippen LogP contribution in [0.1, 0.15) is 50.2 Å². The van der Waals surface area contributed by atoms with Crippen molar-refractivity contribution < 1.29 is 14.3 Å². The van der Waals surface area contributed by atoms with Crippen molar-refractivity contribution in [3.8, 4) is 11.1 Å². The standard InChI is InChI=1S/C21H27N3O3/c1-5-12-23-19(25)18-17(11-8-13-22-18)16-10-7-6-9-15(16)14-24-20(26)27-21(2,3)4/h6-11,13H,5,12,14H2,1-4H3,(H,23,25)(H,24,26). The zero-order valence-electron chi connectivity index (χ0n) is 16.3. The Labute approximate surface area is 160 Å². The minimum Gasteiger partial charge on any atom is -0.444 e. The Bertz CT molecular complexity index is 797. The van der Waals surface area contributed by atoms with Gasteiger partial charge in [-0.2, -0.15) is 0 Å². The summed E-state index contributed by atoms with van der Waals surface area (Å²) in [5, 5.41) is 5.63. The SMILES string of the molecule is CCCNC(=O)c1ncccc1-c1ccccc1CNC(=O)OC(C)(C)C. The first-order valence-electron chi connectivity index (χ1n) is 9.10. The predicted octanol–water partition coefficient (Wildman–Crippen LogP) is 3.91. The zero-order chi connectivity index (χ0) is 19.9. The van der Waals surface area contributed by atoms with E-state index in [1.54, 1.807) is 12.3 Å². The topological polar surface area (TPSA) is 80.3 Å². The molecule has 0 fully saturated rings. The quantitative estimate of drug-likeness (QED) is 0.809. The number of amides is 2. The average Bonchev–Trinajstić information content (AvgIpc) is 2.63. The molecule has 1 aromatic carbocycles. The van der Waals surface area contributed by atoms with Crippen molar-refractivity contribution >= 4 is 12.0 Å². The van der Waals surface area contributed by atoms with Crippen LogP contribution < -0.4 is 10.6 Å². The maximum Gasteiger partial charge on any atom is 0.407 e. The van der Waals surface area contributed by atoms with E-state index in [2.05, 4.69) is 15.6 Å². The number of carbonyl (C=O) groups is 2. The first-order chi connectivity index (χ1) is 12.8. The Morgan fingerprint density at radius 1 is 1.04 bits per heavy atom. The number of pyridine rings is 1. The number of aromatic nitrogens is 1. The van der Waals surface area contributed by atoms with Gasteiger partial charge in [-0.05, 0) is 44.4 Å². The van der Waals surface area contributed by atoms with Crippen molar-refractivity contribution in [2.45, 2.75) is 46.3 Å². The Morgan fingerprint density at radius 2 is 1.74 bits per heavy atom. The predicted molar refractivity (Wildman–Crippen MR) is 105 cm³/mol. The summed E-state index contributed by atoms with van der Waals surface area (Å²) in [6.07, 6.45) is 1.97. The fourth-order valence-corrected chi connectivity index (χ4v) is 2.54. The summed E-state index contributed by atoms with van der Waals surface area (Å²) < 4.78 is 5.28. The molecule has 1 aromatic heterocycles. The first-order valence-corrected chi connectivity index (χ1v) is 9.10. The van der Waals surface area contributed by atoms with Gasteiger partial charge in [0.15, 0.2) is 0 Å². The van der Waals surface area contributed by atoms with Crippen LogP contribution in [-0.2, 0) is 11.3 Å². The van der Waals surface area contributed by atoms with E-state index in [1.807, 2.05) is 58.0 Å². The lowest BCUT2D eigenvalue weighted by Crippen LogP contribution is -2.32. The highest BCUT2D eigenvalue weighted by molar-refractivity contribution is 5.99. The van der Waals surface area contributed by atoms with Crippen LogP contribution in [0.2, 0.25) is 0 Å². The summed E-state index contributed by atoms with van der Waals surface area (Å²) in [6.45, 7) is 8.33. The summed E-state index contributed by atoms with van der Waals surface area (Å²) in [4.78, 5) is 28.7. The molecule has 0 spiro atoms. The van der Waals surface area contributed by atoms with E-state index in [-0.39, 0.29) is 12.5 Å². The molecule has 27 heavy (non-hydrogen) atoms. The molecule has 0 aliphatic heterocycles. The number of rotatable bonds is 6. The zero-order valence-corrected chi connectivity index (χ0v) is 16.3. The molecule has 1 heterocycles. The van der Waals surface area contributed by atoms with Gasteiger partial charge in [-0.1, -0.05) is 37.3 Å². The van der Waals surface area contributed by atoms with Crippen LogP contribution in [-0.4, -0.2) is 29.1 Å². The Hall–Kier alpha value is -2.89. The number of carbonyl (C=O) groups excluding carboxylic acids is 2. The van der Waals surface area contributed by atoms with E-state index in [1.165, 1.54) is 0 Å². The molecule has 0 saturated heterocycles. The summed E-state index contributed by atoms with van der Waals surface area (Å²) in [6, 6.07) is 11.3. The Morgan fingerprint density at radius 3 is 2.44 bits per heavy atom. The Balaban J connectivity index is 2.26. The van der Waals surface area contributed by atoms with Gasteiger partial charge in [-0.25, -0.2) is 4.79 Å². The number of hydrogen-bond acceptors (Lipinski definition) is 4. The lowest BCUT2D eigenvalue weighted by molar-refractivity contribution is 0.0523. The molecular formula is C21H27N3O3. The van der Waals surface area contributed by atoms with Gasteiger partial charge >= 0.3 is 6.09 Å². The smallest absolute Gasteiger partial charge is 0.407 e. The fraction of sp³-hybridized carbons (Fsp3) is 0.381. The van der Waals surface area contributed by atoms with Crippen molar-refractivity contribution in [3.63, 3.8) is 0 Å². The molecule has 0 atom stereocenters. The van der Waals surface area contributed by atoms with Crippen LogP contribution in [0.4, 0.5) is 4.79 Å². The van der Waals surface area contributed by atoms with Crippen molar-refractivity contribution in [2.24, 2.45) is 0 Å². The van der Waals surface area contributed by atoms with Gasteiger partial charge in [-0.15, -0.1) is 0 Å². The lowest BCUT2D eigenvalue weighted by Gasteiger charge is -2.20. The first kappa shape index (κ1) is 20.4. The van der Waals surface area contributed by atoms with Gasteiger partial charge < -0.3 is 15.4 Å². The van der Waals surface area contributed by atoms with Gasteiger partial charge in [0.1, 0.15) is 11.3 Å². The highest BCUT2D eigenvalue weighted by Crippen LogP contribution is 2.26. The molecule has 2 amide bonds. The second-order valence-corrected chi connectivity index (χ2v) is 7.17. The van der Waals surface area contributed by atoms with Crippen molar-refractivity contribution in [1.82, 2.24) is 15.6 Å². The Kier molecular flexibility index (Phi) is 6.93. The molecule has 0 bridgehead atoms. The van der Waals surface area contributed by atoms with Crippen LogP contribution >= 0.6 is 0 Å². The molecular weight excluding hydrogens is 342 g/mol.